The molecule has 3 rings (SSSR count). The fraction of sp³-hybridized carbons (Fsp3) is 0.143. The molecule has 6 heteroatoms. The predicted octanol–water partition coefficient (Wildman–Crippen LogP) is 4.60. The van der Waals surface area contributed by atoms with Gasteiger partial charge in [0.05, 0.1) is 9.86 Å². The molecule has 0 bridgehead atoms. The number of aromatic nitrogens is 2. The highest BCUT2D eigenvalue weighted by atomic mass is 79.9. The van der Waals surface area contributed by atoms with Crippen molar-refractivity contribution in [2.45, 2.75) is 6.92 Å². The first-order valence-corrected chi connectivity index (χ1v) is 7.71. The summed E-state index contributed by atoms with van der Waals surface area (Å²) in [4.78, 5) is 9.69. The van der Waals surface area contributed by atoms with Crippen LogP contribution in [0.15, 0.2) is 34.1 Å². The second kappa shape index (κ2) is 5.38. The van der Waals surface area contributed by atoms with Crippen molar-refractivity contribution in [1.82, 2.24) is 9.97 Å². The van der Waals surface area contributed by atoms with Gasteiger partial charge in [0, 0.05) is 7.05 Å². The molecule has 0 radical (unpaired) electrons. The molecule has 0 aliphatic heterocycles. The summed E-state index contributed by atoms with van der Waals surface area (Å²) in [5.41, 5.74) is 1.17. The highest BCUT2D eigenvalue weighted by Crippen LogP contribution is 2.34. The van der Waals surface area contributed by atoms with Crippen LogP contribution in [0.4, 0.5) is 5.95 Å². The van der Waals surface area contributed by atoms with Crippen LogP contribution in [-0.4, -0.2) is 17.0 Å². The molecule has 3 aromatic rings. The molecule has 102 valence electrons. The topological polar surface area (TPSA) is 47.0 Å². The highest BCUT2D eigenvalue weighted by molar-refractivity contribution is 9.10. The van der Waals surface area contributed by atoms with Gasteiger partial charge in [0.1, 0.15) is 10.6 Å². The summed E-state index contributed by atoms with van der Waals surface area (Å²) >= 11 is 5.08. The van der Waals surface area contributed by atoms with Gasteiger partial charge in [-0.15, -0.1) is 11.3 Å². The Morgan fingerprint density at radius 1 is 1.25 bits per heavy atom. The molecule has 0 fully saturated rings. The van der Waals surface area contributed by atoms with Gasteiger partial charge in [0.25, 0.3) is 0 Å². The monoisotopic (exact) mass is 349 g/mol. The number of thiophene rings is 1. The maximum Gasteiger partial charge on any atom is 0.232 e. The smallest absolute Gasteiger partial charge is 0.232 e. The molecule has 0 aliphatic carbocycles. The van der Waals surface area contributed by atoms with E-state index in [4.69, 9.17) is 4.74 Å². The molecular weight excluding hydrogens is 338 g/mol. The van der Waals surface area contributed by atoms with Crippen molar-refractivity contribution >= 4 is 43.4 Å². The molecule has 1 aromatic carbocycles. The minimum atomic E-state index is 0.554. The quantitative estimate of drug-likeness (QED) is 0.750. The second-order valence-electron chi connectivity index (χ2n) is 4.28. The first kappa shape index (κ1) is 13.3. The van der Waals surface area contributed by atoms with Gasteiger partial charge >= 0.3 is 0 Å². The Bertz CT molecular complexity index is 772. The number of halogens is 1. The van der Waals surface area contributed by atoms with Gasteiger partial charge in [0.15, 0.2) is 0 Å². The molecule has 0 unspecified atom stereocenters. The maximum absolute atomic E-state index is 5.95. The van der Waals surface area contributed by atoms with Gasteiger partial charge in [-0.25, -0.2) is 4.98 Å². The van der Waals surface area contributed by atoms with E-state index in [1.165, 1.54) is 5.56 Å². The Morgan fingerprint density at radius 2 is 2.10 bits per heavy atom. The molecule has 0 saturated carbocycles. The fourth-order valence-electron chi connectivity index (χ4n) is 1.81. The zero-order valence-electron chi connectivity index (χ0n) is 11.0. The first-order chi connectivity index (χ1) is 9.67. The van der Waals surface area contributed by atoms with Crippen LogP contribution in [0.3, 0.4) is 0 Å². The summed E-state index contributed by atoms with van der Waals surface area (Å²) in [5, 5.41) is 5.85. The van der Waals surface area contributed by atoms with Crippen molar-refractivity contribution in [3.05, 3.63) is 39.7 Å². The average Bonchev–Trinajstić information content (AvgIpc) is 2.90. The molecule has 2 heterocycles. The summed E-state index contributed by atoms with van der Waals surface area (Å²) < 4.78 is 6.85. The third-order valence-corrected chi connectivity index (χ3v) is 4.23. The van der Waals surface area contributed by atoms with Gasteiger partial charge in [-0.05, 0) is 52.0 Å². The zero-order valence-corrected chi connectivity index (χ0v) is 13.4. The lowest BCUT2D eigenvalue weighted by Gasteiger charge is -2.09. The summed E-state index contributed by atoms with van der Waals surface area (Å²) in [7, 11) is 1.79. The van der Waals surface area contributed by atoms with Crippen LogP contribution < -0.4 is 10.1 Å². The van der Waals surface area contributed by atoms with Crippen LogP contribution in [-0.2, 0) is 0 Å². The normalized spacial score (nSPS) is 10.8. The van der Waals surface area contributed by atoms with Crippen LogP contribution in [0.2, 0.25) is 0 Å². The van der Waals surface area contributed by atoms with Crippen molar-refractivity contribution in [3.63, 3.8) is 0 Å². The number of aryl methyl sites for hydroxylation is 1. The molecule has 4 nitrogen and oxygen atoms in total. The minimum Gasteiger partial charge on any atom is -0.437 e. The number of nitrogens with one attached hydrogen (secondary N) is 1. The first-order valence-electron chi connectivity index (χ1n) is 6.04. The summed E-state index contributed by atoms with van der Waals surface area (Å²) in [6.45, 7) is 2.04. The summed E-state index contributed by atoms with van der Waals surface area (Å²) in [6, 6.07) is 7.92. The van der Waals surface area contributed by atoms with Gasteiger partial charge in [-0.1, -0.05) is 6.07 Å². The van der Waals surface area contributed by atoms with E-state index in [1.54, 1.807) is 18.4 Å². The second-order valence-corrected chi connectivity index (χ2v) is 6.03. The van der Waals surface area contributed by atoms with E-state index < -0.39 is 0 Å². The summed E-state index contributed by atoms with van der Waals surface area (Å²) in [6.07, 6.45) is 0. The Kier molecular flexibility index (Phi) is 3.58. The van der Waals surface area contributed by atoms with E-state index >= 15 is 0 Å². The van der Waals surface area contributed by atoms with Crippen molar-refractivity contribution in [2.24, 2.45) is 0 Å². The van der Waals surface area contributed by atoms with Crippen LogP contribution in [0.1, 0.15) is 5.56 Å². The molecule has 0 saturated heterocycles. The third kappa shape index (κ3) is 2.48. The van der Waals surface area contributed by atoms with E-state index in [0.29, 0.717) is 11.8 Å². The lowest BCUT2D eigenvalue weighted by atomic mass is 10.2. The number of fused-ring (bicyclic) bond motifs is 1. The lowest BCUT2D eigenvalue weighted by Crippen LogP contribution is -1.98. The number of hydrogen-bond donors (Lipinski definition) is 1. The predicted molar refractivity (Wildman–Crippen MR) is 85.9 cm³/mol. The average molecular weight is 350 g/mol. The van der Waals surface area contributed by atoms with Crippen molar-refractivity contribution in [1.29, 1.82) is 0 Å². The third-order valence-electron chi connectivity index (χ3n) is 2.81. The van der Waals surface area contributed by atoms with Crippen LogP contribution in [0, 0.1) is 6.92 Å². The van der Waals surface area contributed by atoms with E-state index in [2.05, 4.69) is 31.2 Å². The van der Waals surface area contributed by atoms with E-state index in [0.717, 1.165) is 20.4 Å². The lowest BCUT2D eigenvalue weighted by molar-refractivity contribution is 0.466. The number of ether oxygens (including phenoxy) is 1. The number of hydrogen-bond acceptors (Lipinski definition) is 5. The number of rotatable bonds is 3. The SMILES string of the molecule is CNc1nc(Oc2ccc(C)cc2Br)c2ccsc2n1. The van der Waals surface area contributed by atoms with Crippen LogP contribution in [0.5, 0.6) is 11.6 Å². The van der Waals surface area contributed by atoms with Crippen LogP contribution >= 0.6 is 27.3 Å². The van der Waals surface area contributed by atoms with Gasteiger partial charge in [-0.3, -0.25) is 0 Å². The highest BCUT2D eigenvalue weighted by Gasteiger charge is 2.12. The Labute approximate surface area is 129 Å². The van der Waals surface area contributed by atoms with Gasteiger partial charge < -0.3 is 10.1 Å². The molecule has 0 atom stereocenters. The van der Waals surface area contributed by atoms with Crippen molar-refractivity contribution in [2.75, 3.05) is 12.4 Å². The Hall–Kier alpha value is -1.66. The van der Waals surface area contributed by atoms with Crippen molar-refractivity contribution < 1.29 is 4.74 Å². The minimum absolute atomic E-state index is 0.554. The summed E-state index contributed by atoms with van der Waals surface area (Å²) in [5.74, 6) is 1.85. The Balaban J connectivity index is 2.07. The molecule has 2 aromatic heterocycles. The van der Waals surface area contributed by atoms with Crippen molar-refractivity contribution in [3.8, 4) is 11.6 Å². The number of anilines is 1. The number of benzene rings is 1. The Morgan fingerprint density at radius 3 is 2.85 bits per heavy atom. The number of nitrogens with zero attached hydrogens (tertiary/aromatic N) is 2. The largest absolute Gasteiger partial charge is 0.437 e. The molecule has 0 aliphatic rings. The molecule has 0 amide bonds. The molecule has 20 heavy (non-hydrogen) atoms. The van der Waals surface area contributed by atoms with E-state index in [-0.39, 0.29) is 0 Å². The van der Waals surface area contributed by atoms with Gasteiger partial charge in [-0.2, -0.15) is 4.98 Å². The molecule has 1 N–H and O–H groups in total. The van der Waals surface area contributed by atoms with E-state index in [9.17, 15) is 0 Å². The molecular formula is C14H12BrN3OS. The molecule has 0 spiro atoms. The zero-order chi connectivity index (χ0) is 14.1. The van der Waals surface area contributed by atoms with E-state index in [1.807, 2.05) is 36.6 Å². The van der Waals surface area contributed by atoms with Crippen LogP contribution in [0.25, 0.3) is 10.2 Å². The maximum atomic E-state index is 5.95. The fourth-order valence-corrected chi connectivity index (χ4v) is 3.14. The standard InChI is InChI=1S/C14H12BrN3OS/c1-8-3-4-11(10(15)7-8)19-12-9-5-6-20-13(9)18-14(16-2)17-12/h3-7H,1-2H3,(H,16,17,18). The van der Waals surface area contributed by atoms with Gasteiger partial charge in [0.2, 0.25) is 11.8 Å².